The van der Waals surface area contributed by atoms with Gasteiger partial charge in [-0.05, 0) is 38.1 Å². The fraction of sp³-hybridized carbons (Fsp3) is 0.545. The normalized spacial score (nSPS) is 22.9. The van der Waals surface area contributed by atoms with Gasteiger partial charge in [0.15, 0.2) is 0 Å². The second-order valence-corrected chi connectivity index (χ2v) is 3.88. The molecule has 2 N–H and O–H groups in total. The van der Waals surface area contributed by atoms with Crippen molar-refractivity contribution in [2.75, 3.05) is 13.6 Å². The fourth-order valence-corrected chi connectivity index (χ4v) is 2.23. The molecule has 0 aromatic carbocycles. The first-order chi connectivity index (χ1) is 6.83. The summed E-state index contributed by atoms with van der Waals surface area (Å²) in [6.07, 6.45) is 4.33. The van der Waals surface area contributed by atoms with Gasteiger partial charge >= 0.3 is 0 Å². The van der Waals surface area contributed by atoms with Crippen molar-refractivity contribution in [2.45, 2.75) is 25.4 Å². The predicted molar refractivity (Wildman–Crippen MR) is 56.7 cm³/mol. The molecule has 76 valence electrons. The highest BCUT2D eigenvalue weighted by Gasteiger charge is 2.24. The molecule has 0 radical (unpaired) electrons. The van der Waals surface area contributed by atoms with Gasteiger partial charge in [-0.1, -0.05) is 6.07 Å². The van der Waals surface area contributed by atoms with Gasteiger partial charge in [0.1, 0.15) is 0 Å². The molecular formula is C11H17N3. The van der Waals surface area contributed by atoms with Gasteiger partial charge < -0.3 is 5.73 Å². The number of likely N-dealkylation sites (tertiary alicyclic amines) is 1. The third kappa shape index (κ3) is 1.65. The molecule has 1 aromatic rings. The Morgan fingerprint density at radius 3 is 3.14 bits per heavy atom. The highest BCUT2D eigenvalue weighted by Crippen LogP contribution is 2.31. The van der Waals surface area contributed by atoms with Crippen molar-refractivity contribution in [2.24, 2.45) is 5.73 Å². The van der Waals surface area contributed by atoms with Crippen molar-refractivity contribution >= 4 is 0 Å². The Morgan fingerprint density at radius 2 is 2.50 bits per heavy atom. The van der Waals surface area contributed by atoms with Crippen LogP contribution in [-0.4, -0.2) is 23.5 Å². The van der Waals surface area contributed by atoms with Gasteiger partial charge in [0.25, 0.3) is 0 Å². The highest BCUT2D eigenvalue weighted by atomic mass is 15.1. The minimum Gasteiger partial charge on any atom is -0.325 e. The van der Waals surface area contributed by atoms with E-state index in [0.29, 0.717) is 12.6 Å². The summed E-state index contributed by atoms with van der Waals surface area (Å²) < 4.78 is 0. The summed E-state index contributed by atoms with van der Waals surface area (Å²) in [5, 5.41) is 0. The van der Waals surface area contributed by atoms with Crippen molar-refractivity contribution in [1.82, 2.24) is 9.88 Å². The summed E-state index contributed by atoms with van der Waals surface area (Å²) in [4.78, 5) is 6.71. The number of nitrogens with zero attached hydrogens (tertiary/aromatic N) is 2. The minimum atomic E-state index is 0.530. The maximum atomic E-state index is 5.68. The number of nitrogens with two attached hydrogens (primary N) is 1. The topological polar surface area (TPSA) is 42.2 Å². The number of hydrogen-bond donors (Lipinski definition) is 1. The van der Waals surface area contributed by atoms with Crippen LogP contribution in [0.2, 0.25) is 0 Å². The molecule has 1 atom stereocenters. The van der Waals surface area contributed by atoms with E-state index >= 15 is 0 Å². The quantitative estimate of drug-likeness (QED) is 0.766. The lowest BCUT2D eigenvalue weighted by atomic mass is 10.0. The van der Waals surface area contributed by atoms with Gasteiger partial charge in [0.2, 0.25) is 0 Å². The van der Waals surface area contributed by atoms with Gasteiger partial charge in [-0.2, -0.15) is 0 Å². The Morgan fingerprint density at radius 1 is 1.64 bits per heavy atom. The molecule has 0 saturated carbocycles. The lowest BCUT2D eigenvalue weighted by molar-refractivity contribution is 0.315. The van der Waals surface area contributed by atoms with Crippen LogP contribution in [0.1, 0.15) is 30.1 Å². The van der Waals surface area contributed by atoms with E-state index in [1.165, 1.54) is 24.9 Å². The Hall–Kier alpha value is -0.930. The number of hydrogen-bond acceptors (Lipinski definition) is 3. The molecule has 3 heteroatoms. The minimum absolute atomic E-state index is 0.530. The Bertz CT molecular complexity index is 311. The smallest absolute Gasteiger partial charge is 0.0587 e. The fourth-order valence-electron chi connectivity index (χ4n) is 2.23. The Kier molecular flexibility index (Phi) is 2.79. The van der Waals surface area contributed by atoms with Gasteiger partial charge in [-0.25, -0.2) is 0 Å². The third-order valence-corrected chi connectivity index (χ3v) is 3.00. The van der Waals surface area contributed by atoms with Crippen LogP contribution in [0.3, 0.4) is 0 Å². The molecule has 14 heavy (non-hydrogen) atoms. The second-order valence-electron chi connectivity index (χ2n) is 3.88. The molecule has 0 aliphatic carbocycles. The van der Waals surface area contributed by atoms with Crippen LogP contribution < -0.4 is 5.73 Å². The zero-order valence-electron chi connectivity index (χ0n) is 8.61. The first-order valence-electron chi connectivity index (χ1n) is 5.17. The molecule has 3 nitrogen and oxygen atoms in total. The molecule has 1 aromatic heterocycles. The Balaban J connectivity index is 2.30. The van der Waals surface area contributed by atoms with Crippen LogP contribution in [0.25, 0.3) is 0 Å². The molecule has 1 saturated heterocycles. The average Bonchev–Trinajstić information content (AvgIpc) is 2.64. The van der Waals surface area contributed by atoms with Crippen molar-refractivity contribution in [3.63, 3.8) is 0 Å². The van der Waals surface area contributed by atoms with Crippen LogP contribution in [0.15, 0.2) is 18.3 Å². The van der Waals surface area contributed by atoms with E-state index in [9.17, 15) is 0 Å². The third-order valence-electron chi connectivity index (χ3n) is 3.00. The molecule has 0 amide bonds. The molecule has 0 unspecified atom stereocenters. The molecule has 1 aliphatic heterocycles. The molecule has 2 rings (SSSR count). The van der Waals surface area contributed by atoms with Gasteiger partial charge in [-0.3, -0.25) is 9.88 Å². The molecule has 1 aliphatic rings. The number of pyridine rings is 1. The summed E-state index contributed by atoms with van der Waals surface area (Å²) in [6, 6.07) is 4.68. The van der Waals surface area contributed by atoms with E-state index in [2.05, 4.69) is 23.0 Å². The lowest BCUT2D eigenvalue weighted by Crippen LogP contribution is -2.20. The summed E-state index contributed by atoms with van der Waals surface area (Å²) in [5.74, 6) is 0. The van der Waals surface area contributed by atoms with E-state index in [0.717, 1.165) is 5.69 Å². The largest absolute Gasteiger partial charge is 0.325 e. The first-order valence-corrected chi connectivity index (χ1v) is 5.17. The molecule has 2 heterocycles. The number of rotatable bonds is 2. The average molecular weight is 191 g/mol. The van der Waals surface area contributed by atoms with E-state index in [1.54, 1.807) is 0 Å². The van der Waals surface area contributed by atoms with E-state index < -0.39 is 0 Å². The van der Waals surface area contributed by atoms with Crippen LogP contribution >= 0.6 is 0 Å². The van der Waals surface area contributed by atoms with Crippen LogP contribution in [0, 0.1) is 0 Å². The van der Waals surface area contributed by atoms with E-state index in [1.807, 2.05) is 12.3 Å². The van der Waals surface area contributed by atoms with E-state index in [-0.39, 0.29) is 0 Å². The molecule has 0 spiro atoms. The zero-order valence-corrected chi connectivity index (χ0v) is 8.61. The summed E-state index contributed by atoms with van der Waals surface area (Å²) in [5.41, 5.74) is 8.04. The zero-order chi connectivity index (χ0) is 9.97. The lowest BCUT2D eigenvalue weighted by Gasteiger charge is -2.21. The van der Waals surface area contributed by atoms with Gasteiger partial charge in [0, 0.05) is 18.8 Å². The van der Waals surface area contributed by atoms with Crippen molar-refractivity contribution in [1.29, 1.82) is 0 Å². The van der Waals surface area contributed by atoms with Crippen LogP contribution in [0.4, 0.5) is 0 Å². The maximum Gasteiger partial charge on any atom is 0.0587 e. The van der Waals surface area contributed by atoms with Gasteiger partial charge in [-0.15, -0.1) is 0 Å². The standard InChI is InChI=1S/C11H17N3/c1-14-7-3-5-11(14)9-4-2-6-13-10(9)8-12/h2,4,6,11H,3,5,7-8,12H2,1H3/t11-/m0/s1. The van der Waals surface area contributed by atoms with Gasteiger partial charge in [0.05, 0.1) is 5.69 Å². The highest BCUT2D eigenvalue weighted by molar-refractivity contribution is 5.24. The summed E-state index contributed by atoms with van der Waals surface area (Å²) in [6.45, 7) is 1.73. The monoisotopic (exact) mass is 191 g/mol. The van der Waals surface area contributed by atoms with Crippen LogP contribution in [0.5, 0.6) is 0 Å². The number of aromatic nitrogens is 1. The van der Waals surface area contributed by atoms with Crippen molar-refractivity contribution in [3.05, 3.63) is 29.6 Å². The van der Waals surface area contributed by atoms with E-state index in [4.69, 9.17) is 5.73 Å². The Labute approximate surface area is 84.9 Å². The second kappa shape index (κ2) is 4.07. The first kappa shape index (κ1) is 9.62. The maximum absolute atomic E-state index is 5.68. The van der Waals surface area contributed by atoms with Crippen LogP contribution in [-0.2, 0) is 6.54 Å². The molecule has 0 bridgehead atoms. The molecular weight excluding hydrogens is 174 g/mol. The SMILES string of the molecule is CN1CCC[C@H]1c1cccnc1CN. The summed E-state index contributed by atoms with van der Waals surface area (Å²) in [7, 11) is 2.17. The van der Waals surface area contributed by atoms with Crippen molar-refractivity contribution in [3.8, 4) is 0 Å². The molecule has 1 fully saturated rings. The summed E-state index contributed by atoms with van der Waals surface area (Å²) >= 11 is 0. The predicted octanol–water partition coefficient (Wildman–Crippen LogP) is 1.31. The van der Waals surface area contributed by atoms with Crippen molar-refractivity contribution < 1.29 is 0 Å².